The predicted octanol–water partition coefficient (Wildman–Crippen LogP) is 4.66. The van der Waals surface area contributed by atoms with Crippen LogP contribution in [0.4, 0.5) is 16.2 Å². The number of hydrogen-bond acceptors (Lipinski definition) is 4. The van der Waals surface area contributed by atoms with Crippen LogP contribution in [0.15, 0.2) is 53.1 Å². The summed E-state index contributed by atoms with van der Waals surface area (Å²) in [6, 6.07) is 12.2. The molecule has 1 aromatic heterocycles. The van der Waals surface area contributed by atoms with Crippen LogP contribution in [0.2, 0.25) is 0 Å². The molecule has 3 rings (SSSR count). The number of nitrogens with zero attached hydrogens (tertiary/aromatic N) is 1. The van der Waals surface area contributed by atoms with Gasteiger partial charge in [-0.15, -0.1) is 0 Å². The first-order valence-corrected chi connectivity index (χ1v) is 8.25. The van der Waals surface area contributed by atoms with Crippen LogP contribution < -0.4 is 20.1 Å². The summed E-state index contributed by atoms with van der Waals surface area (Å²) in [6.45, 7) is 0. The fraction of sp³-hybridized carbons (Fsp3) is 0.111. The number of hydrogen-bond donors (Lipinski definition) is 2. The van der Waals surface area contributed by atoms with Crippen LogP contribution in [0.5, 0.6) is 11.5 Å². The zero-order chi connectivity index (χ0) is 17.8. The van der Waals surface area contributed by atoms with Crippen molar-refractivity contribution >= 4 is 44.2 Å². The second-order valence-electron chi connectivity index (χ2n) is 5.14. The average molecular weight is 402 g/mol. The summed E-state index contributed by atoms with van der Waals surface area (Å²) in [5.41, 5.74) is 1.82. The van der Waals surface area contributed by atoms with Crippen LogP contribution in [0.3, 0.4) is 0 Å². The molecule has 0 aliphatic heterocycles. The molecule has 3 aromatic rings. The SMILES string of the molecule is COc1ccc(OC)c(NC(=O)Nc2ccc(Br)c3cccnc23)c1. The molecule has 7 heteroatoms. The summed E-state index contributed by atoms with van der Waals surface area (Å²) in [5, 5.41) is 6.51. The average Bonchev–Trinajstić information content (AvgIpc) is 2.64. The quantitative estimate of drug-likeness (QED) is 0.666. The Balaban J connectivity index is 1.86. The van der Waals surface area contributed by atoms with E-state index >= 15 is 0 Å². The zero-order valence-corrected chi connectivity index (χ0v) is 15.3. The lowest BCUT2D eigenvalue weighted by molar-refractivity contribution is 0.262. The molecule has 0 radical (unpaired) electrons. The molecule has 0 atom stereocenters. The van der Waals surface area contributed by atoms with E-state index in [1.54, 1.807) is 37.6 Å². The number of halogens is 1. The van der Waals surface area contributed by atoms with E-state index < -0.39 is 6.03 Å². The maximum Gasteiger partial charge on any atom is 0.323 e. The molecule has 0 unspecified atom stereocenters. The highest BCUT2D eigenvalue weighted by atomic mass is 79.9. The molecule has 2 aromatic carbocycles. The molecule has 6 nitrogen and oxygen atoms in total. The third-order valence-corrected chi connectivity index (χ3v) is 4.31. The Labute approximate surface area is 153 Å². The maximum atomic E-state index is 12.4. The number of carbonyl (C=O) groups is 1. The van der Waals surface area contributed by atoms with Gasteiger partial charge in [0.2, 0.25) is 0 Å². The fourth-order valence-electron chi connectivity index (χ4n) is 2.43. The van der Waals surface area contributed by atoms with E-state index in [0.29, 0.717) is 28.4 Å². The molecule has 128 valence electrons. The van der Waals surface area contributed by atoms with E-state index in [4.69, 9.17) is 9.47 Å². The highest BCUT2D eigenvalue weighted by molar-refractivity contribution is 9.10. The molecule has 0 aliphatic rings. The number of nitrogens with one attached hydrogen (secondary N) is 2. The lowest BCUT2D eigenvalue weighted by Crippen LogP contribution is -2.20. The minimum Gasteiger partial charge on any atom is -0.497 e. The van der Waals surface area contributed by atoms with E-state index in [2.05, 4.69) is 31.5 Å². The van der Waals surface area contributed by atoms with Gasteiger partial charge in [-0.05, 0) is 30.3 Å². The minimum absolute atomic E-state index is 0.402. The molecule has 2 N–H and O–H groups in total. The van der Waals surface area contributed by atoms with Crippen molar-refractivity contribution in [2.24, 2.45) is 0 Å². The van der Waals surface area contributed by atoms with E-state index in [1.807, 2.05) is 18.2 Å². The number of urea groups is 1. The normalized spacial score (nSPS) is 10.4. The first kappa shape index (κ1) is 17.0. The van der Waals surface area contributed by atoms with E-state index in [0.717, 1.165) is 9.86 Å². The predicted molar refractivity (Wildman–Crippen MR) is 102 cm³/mol. The Morgan fingerprint density at radius 3 is 2.60 bits per heavy atom. The van der Waals surface area contributed by atoms with Gasteiger partial charge in [-0.3, -0.25) is 4.98 Å². The number of carbonyl (C=O) groups excluding carboxylic acids is 1. The van der Waals surface area contributed by atoms with Crippen molar-refractivity contribution in [3.63, 3.8) is 0 Å². The number of methoxy groups -OCH3 is 2. The Morgan fingerprint density at radius 2 is 1.84 bits per heavy atom. The second kappa shape index (κ2) is 7.40. The van der Waals surface area contributed by atoms with Crippen molar-refractivity contribution in [1.82, 2.24) is 4.98 Å². The summed E-state index contributed by atoms with van der Waals surface area (Å²) in [5.74, 6) is 1.15. The summed E-state index contributed by atoms with van der Waals surface area (Å²) in [7, 11) is 3.10. The second-order valence-corrected chi connectivity index (χ2v) is 5.99. The van der Waals surface area contributed by atoms with Gasteiger partial charge >= 0.3 is 6.03 Å². The molecule has 1 heterocycles. The Bertz CT molecular complexity index is 931. The first-order valence-electron chi connectivity index (χ1n) is 7.45. The maximum absolute atomic E-state index is 12.4. The van der Waals surface area contributed by atoms with Crippen LogP contribution in [0, 0.1) is 0 Å². The monoisotopic (exact) mass is 401 g/mol. The van der Waals surface area contributed by atoms with Crippen LogP contribution in [-0.2, 0) is 0 Å². The molecular formula is C18H16BrN3O3. The van der Waals surface area contributed by atoms with Crippen LogP contribution in [0.25, 0.3) is 10.9 Å². The van der Waals surface area contributed by atoms with E-state index in [9.17, 15) is 4.79 Å². The number of fused-ring (bicyclic) bond motifs is 1. The highest BCUT2D eigenvalue weighted by Gasteiger charge is 2.12. The van der Waals surface area contributed by atoms with Gasteiger partial charge in [0.15, 0.2) is 0 Å². The molecule has 0 spiro atoms. The van der Waals surface area contributed by atoms with Gasteiger partial charge in [0, 0.05) is 22.1 Å². The summed E-state index contributed by atoms with van der Waals surface area (Å²) < 4.78 is 11.4. The molecule has 0 fully saturated rings. The van der Waals surface area contributed by atoms with Gasteiger partial charge in [-0.25, -0.2) is 4.79 Å². The van der Waals surface area contributed by atoms with E-state index in [-0.39, 0.29) is 0 Å². The number of aromatic nitrogens is 1. The summed E-state index contributed by atoms with van der Waals surface area (Å²) >= 11 is 3.49. The van der Waals surface area contributed by atoms with Gasteiger partial charge in [0.25, 0.3) is 0 Å². The third-order valence-electron chi connectivity index (χ3n) is 3.62. The Hall–Kier alpha value is -2.80. The highest BCUT2D eigenvalue weighted by Crippen LogP contribution is 2.30. The number of amides is 2. The van der Waals surface area contributed by atoms with Crippen LogP contribution in [-0.4, -0.2) is 25.2 Å². The minimum atomic E-state index is -0.402. The number of pyridine rings is 1. The van der Waals surface area contributed by atoms with Gasteiger partial charge in [-0.2, -0.15) is 0 Å². The van der Waals surface area contributed by atoms with E-state index in [1.165, 1.54) is 7.11 Å². The van der Waals surface area contributed by atoms with Crippen molar-refractivity contribution in [2.75, 3.05) is 24.9 Å². The lowest BCUT2D eigenvalue weighted by Gasteiger charge is -2.13. The molecule has 0 saturated carbocycles. The molecule has 0 saturated heterocycles. The molecule has 0 bridgehead atoms. The number of benzene rings is 2. The summed E-state index contributed by atoms with van der Waals surface area (Å²) in [4.78, 5) is 16.8. The van der Waals surface area contributed by atoms with Crippen molar-refractivity contribution in [3.05, 3.63) is 53.1 Å². The lowest BCUT2D eigenvalue weighted by atomic mass is 10.2. The third kappa shape index (κ3) is 3.66. The Morgan fingerprint density at radius 1 is 1.04 bits per heavy atom. The van der Waals surface area contributed by atoms with Gasteiger partial charge in [-0.1, -0.05) is 22.0 Å². The largest absolute Gasteiger partial charge is 0.497 e. The summed E-state index contributed by atoms with van der Waals surface area (Å²) in [6.07, 6.45) is 1.68. The zero-order valence-electron chi connectivity index (χ0n) is 13.7. The standard InChI is InChI=1S/C18H16BrN3O3/c1-24-11-5-8-16(25-2)15(10-11)22-18(23)21-14-7-6-13(19)12-4-3-9-20-17(12)14/h3-10H,1-2H3,(H2,21,22,23). The molecule has 0 aliphatic carbocycles. The molecule has 2 amide bonds. The van der Waals surface area contributed by atoms with Crippen molar-refractivity contribution in [3.8, 4) is 11.5 Å². The Kier molecular flexibility index (Phi) is 5.04. The van der Waals surface area contributed by atoms with Crippen molar-refractivity contribution in [1.29, 1.82) is 0 Å². The van der Waals surface area contributed by atoms with Crippen LogP contribution >= 0.6 is 15.9 Å². The number of anilines is 2. The van der Waals surface area contributed by atoms with Crippen molar-refractivity contribution in [2.45, 2.75) is 0 Å². The fourth-order valence-corrected chi connectivity index (χ4v) is 2.88. The van der Waals surface area contributed by atoms with Gasteiger partial charge in [0.1, 0.15) is 11.5 Å². The smallest absolute Gasteiger partial charge is 0.323 e. The number of ether oxygens (including phenoxy) is 2. The first-order chi connectivity index (χ1) is 12.1. The van der Waals surface area contributed by atoms with Crippen molar-refractivity contribution < 1.29 is 14.3 Å². The van der Waals surface area contributed by atoms with Crippen LogP contribution in [0.1, 0.15) is 0 Å². The topological polar surface area (TPSA) is 72.5 Å². The number of rotatable bonds is 4. The van der Waals surface area contributed by atoms with Gasteiger partial charge < -0.3 is 20.1 Å². The molecular weight excluding hydrogens is 386 g/mol. The van der Waals surface area contributed by atoms with Gasteiger partial charge in [0.05, 0.1) is 31.1 Å². The molecule has 25 heavy (non-hydrogen) atoms.